The van der Waals surface area contributed by atoms with Crippen molar-refractivity contribution in [1.29, 1.82) is 0 Å². The van der Waals surface area contributed by atoms with Crippen LogP contribution in [0.4, 0.5) is 0 Å². The number of aliphatic hydroxyl groups is 5. The number of aliphatic hydroxyl groups excluding tert-OH is 3. The predicted molar refractivity (Wildman–Crippen MR) is 36.6 cm³/mol. The van der Waals surface area contributed by atoms with Gasteiger partial charge in [-0.2, -0.15) is 0 Å². The van der Waals surface area contributed by atoms with Crippen molar-refractivity contribution >= 4 is 0 Å². The molecule has 2 unspecified atom stereocenters. The summed E-state index contributed by atoms with van der Waals surface area (Å²) in [5.41, 5.74) is 0. The first-order chi connectivity index (χ1) is 4.95. The average Bonchev–Trinajstić information content (AvgIpc) is 2.01. The maximum Gasteiger partial charge on any atom is 0.216 e. The van der Waals surface area contributed by atoms with Gasteiger partial charge in [-0.15, -0.1) is 0 Å². The molecule has 68 valence electrons. The van der Waals surface area contributed by atoms with Crippen molar-refractivity contribution in [2.75, 3.05) is 6.61 Å². The smallest absolute Gasteiger partial charge is 0.216 e. The minimum atomic E-state index is -2.62. The summed E-state index contributed by atoms with van der Waals surface area (Å²) in [5.74, 6) is -2.62. The highest BCUT2D eigenvalue weighted by Crippen LogP contribution is 2.11. The van der Waals surface area contributed by atoms with Crippen LogP contribution in [0.1, 0.15) is 13.3 Å². The largest absolute Gasteiger partial charge is 0.391 e. The Kier molecular flexibility index (Phi) is 3.91. The molecule has 5 heteroatoms. The highest BCUT2D eigenvalue weighted by atomic mass is 16.5. The van der Waals surface area contributed by atoms with E-state index in [1.54, 1.807) is 6.92 Å². The molecule has 0 aliphatic heterocycles. The molecule has 0 saturated heterocycles. The third-order valence-corrected chi connectivity index (χ3v) is 1.49. The molecule has 0 aromatic carbocycles. The van der Waals surface area contributed by atoms with E-state index in [4.69, 9.17) is 25.5 Å². The Morgan fingerprint density at radius 1 is 1.27 bits per heavy atom. The molecule has 11 heavy (non-hydrogen) atoms. The fourth-order valence-electron chi connectivity index (χ4n) is 0.625. The van der Waals surface area contributed by atoms with Gasteiger partial charge in [0.25, 0.3) is 0 Å². The highest BCUT2D eigenvalue weighted by Gasteiger charge is 2.36. The second kappa shape index (κ2) is 3.99. The molecule has 0 saturated carbocycles. The van der Waals surface area contributed by atoms with Gasteiger partial charge in [-0.25, -0.2) is 0 Å². The Labute approximate surface area is 64.5 Å². The summed E-state index contributed by atoms with van der Waals surface area (Å²) in [6.45, 7) is 0.562. The Morgan fingerprint density at radius 2 is 1.73 bits per heavy atom. The Hall–Kier alpha value is -0.200. The number of hydrogen-bond donors (Lipinski definition) is 5. The van der Waals surface area contributed by atoms with Crippen LogP contribution in [-0.4, -0.2) is 50.1 Å². The van der Waals surface area contributed by atoms with E-state index in [1.807, 2.05) is 0 Å². The lowest BCUT2D eigenvalue weighted by Crippen LogP contribution is -2.51. The second-order valence-electron chi connectivity index (χ2n) is 2.46. The van der Waals surface area contributed by atoms with Gasteiger partial charge in [-0.3, -0.25) is 0 Å². The van der Waals surface area contributed by atoms with E-state index in [1.165, 1.54) is 0 Å². The van der Waals surface area contributed by atoms with Gasteiger partial charge in [0.1, 0.15) is 6.10 Å². The minimum absolute atomic E-state index is 0.185. The average molecular weight is 166 g/mol. The van der Waals surface area contributed by atoms with Gasteiger partial charge in [0, 0.05) is 0 Å². The van der Waals surface area contributed by atoms with Crippen molar-refractivity contribution in [2.24, 2.45) is 0 Å². The van der Waals surface area contributed by atoms with Crippen LogP contribution in [0.5, 0.6) is 0 Å². The quantitative estimate of drug-likeness (QED) is 0.305. The van der Waals surface area contributed by atoms with Crippen molar-refractivity contribution in [2.45, 2.75) is 31.3 Å². The van der Waals surface area contributed by atoms with Crippen LogP contribution in [0.3, 0.4) is 0 Å². The molecule has 0 aliphatic carbocycles. The second-order valence-corrected chi connectivity index (χ2v) is 2.46. The summed E-state index contributed by atoms with van der Waals surface area (Å²) in [6, 6.07) is 0. The van der Waals surface area contributed by atoms with Crippen molar-refractivity contribution in [3.63, 3.8) is 0 Å². The van der Waals surface area contributed by atoms with E-state index in [-0.39, 0.29) is 6.42 Å². The van der Waals surface area contributed by atoms with Crippen LogP contribution in [0.15, 0.2) is 0 Å². The monoisotopic (exact) mass is 166 g/mol. The van der Waals surface area contributed by atoms with E-state index in [0.29, 0.717) is 0 Å². The molecule has 5 N–H and O–H groups in total. The maximum absolute atomic E-state index is 8.94. The van der Waals surface area contributed by atoms with Gasteiger partial charge in [-0.05, 0) is 6.42 Å². The Balaban J connectivity index is 4.10. The predicted octanol–water partition coefficient (Wildman–Crippen LogP) is -2.21. The summed E-state index contributed by atoms with van der Waals surface area (Å²) in [7, 11) is 0. The summed E-state index contributed by atoms with van der Waals surface area (Å²) in [6.07, 6.45) is -2.79. The Morgan fingerprint density at radius 3 is 2.00 bits per heavy atom. The first kappa shape index (κ1) is 10.8. The summed E-state index contributed by atoms with van der Waals surface area (Å²) in [5, 5.41) is 43.8. The summed E-state index contributed by atoms with van der Waals surface area (Å²) in [4.78, 5) is 0. The van der Waals surface area contributed by atoms with E-state index < -0.39 is 24.6 Å². The third-order valence-electron chi connectivity index (χ3n) is 1.49. The van der Waals surface area contributed by atoms with Crippen molar-refractivity contribution in [3.8, 4) is 0 Å². The van der Waals surface area contributed by atoms with Gasteiger partial charge in [0.2, 0.25) is 5.79 Å². The third kappa shape index (κ3) is 2.72. The minimum Gasteiger partial charge on any atom is -0.391 e. The molecule has 2 atom stereocenters. The first-order valence-electron chi connectivity index (χ1n) is 3.37. The Bertz CT molecular complexity index is 114. The van der Waals surface area contributed by atoms with Crippen LogP contribution >= 0.6 is 0 Å². The zero-order valence-corrected chi connectivity index (χ0v) is 6.30. The molecule has 0 bridgehead atoms. The van der Waals surface area contributed by atoms with Crippen LogP contribution in [0.25, 0.3) is 0 Å². The summed E-state index contributed by atoms with van der Waals surface area (Å²) < 4.78 is 0. The van der Waals surface area contributed by atoms with Crippen LogP contribution in [0, 0.1) is 0 Å². The molecule has 5 nitrogen and oxygen atoms in total. The van der Waals surface area contributed by atoms with E-state index in [9.17, 15) is 0 Å². The van der Waals surface area contributed by atoms with Gasteiger partial charge >= 0.3 is 0 Å². The van der Waals surface area contributed by atoms with Crippen molar-refractivity contribution in [3.05, 3.63) is 0 Å². The van der Waals surface area contributed by atoms with Crippen molar-refractivity contribution in [1.82, 2.24) is 0 Å². The molecule has 0 aliphatic rings. The molecule has 0 aromatic rings. The molecular weight excluding hydrogens is 152 g/mol. The van der Waals surface area contributed by atoms with Crippen LogP contribution in [0.2, 0.25) is 0 Å². The molecule has 0 heterocycles. The normalized spacial score (nSPS) is 18.0. The highest BCUT2D eigenvalue weighted by molar-refractivity contribution is 4.79. The first-order valence-corrected chi connectivity index (χ1v) is 3.37. The zero-order valence-electron chi connectivity index (χ0n) is 6.30. The molecule has 0 radical (unpaired) electrons. The SMILES string of the molecule is CCC(O)C(O)C(O)(O)CO. The van der Waals surface area contributed by atoms with Crippen LogP contribution in [-0.2, 0) is 0 Å². The van der Waals surface area contributed by atoms with Gasteiger partial charge < -0.3 is 25.5 Å². The number of rotatable bonds is 4. The topological polar surface area (TPSA) is 101 Å². The molecule has 0 fully saturated rings. The van der Waals surface area contributed by atoms with E-state index >= 15 is 0 Å². The zero-order chi connectivity index (χ0) is 9.07. The van der Waals surface area contributed by atoms with E-state index in [2.05, 4.69) is 0 Å². The van der Waals surface area contributed by atoms with Crippen LogP contribution < -0.4 is 0 Å². The number of hydrogen-bond acceptors (Lipinski definition) is 5. The standard InChI is InChI=1S/C6H14O5/c1-2-4(8)5(9)6(10,11)3-7/h4-5,7-11H,2-3H2,1H3. The molecule has 0 spiro atoms. The molecule has 0 amide bonds. The van der Waals surface area contributed by atoms with Gasteiger partial charge in [-0.1, -0.05) is 6.92 Å². The maximum atomic E-state index is 8.94. The van der Waals surface area contributed by atoms with E-state index in [0.717, 1.165) is 0 Å². The lowest BCUT2D eigenvalue weighted by molar-refractivity contribution is -0.263. The lowest BCUT2D eigenvalue weighted by atomic mass is 10.0. The fourth-order valence-corrected chi connectivity index (χ4v) is 0.625. The van der Waals surface area contributed by atoms with Gasteiger partial charge in [0.15, 0.2) is 0 Å². The molecule has 0 aromatic heterocycles. The lowest BCUT2D eigenvalue weighted by Gasteiger charge is -2.28. The summed E-state index contributed by atoms with van der Waals surface area (Å²) >= 11 is 0. The molecular formula is C6H14O5. The fraction of sp³-hybridized carbons (Fsp3) is 1.00. The van der Waals surface area contributed by atoms with Gasteiger partial charge in [0.05, 0.1) is 12.7 Å². The van der Waals surface area contributed by atoms with Crippen molar-refractivity contribution < 1.29 is 25.5 Å². The molecule has 0 rings (SSSR count).